The lowest BCUT2D eigenvalue weighted by molar-refractivity contribution is -0.120. The zero-order chi connectivity index (χ0) is 16.7. The van der Waals surface area contributed by atoms with Gasteiger partial charge in [0.1, 0.15) is 5.75 Å². The minimum atomic E-state index is -0.181. The van der Waals surface area contributed by atoms with Gasteiger partial charge in [0.25, 0.3) is 5.91 Å². The minimum Gasteiger partial charge on any atom is -0.483 e. The summed E-state index contributed by atoms with van der Waals surface area (Å²) in [5.41, 5.74) is 1.89. The number of carbonyl (C=O) groups is 1. The monoisotopic (exact) mass is 372 g/mol. The lowest BCUT2D eigenvalue weighted by Crippen LogP contribution is -2.35. The number of amides is 1. The van der Waals surface area contributed by atoms with Crippen molar-refractivity contribution in [1.82, 2.24) is 0 Å². The molecule has 0 N–H and O–H groups in total. The maximum absolute atomic E-state index is 12.5. The zero-order valence-electron chi connectivity index (χ0n) is 12.8. The van der Waals surface area contributed by atoms with Crippen LogP contribution in [0.3, 0.4) is 0 Å². The molecule has 2 rings (SSSR count). The third kappa shape index (κ3) is 4.83. The highest BCUT2D eigenvalue weighted by atomic mass is 79.9. The number of halogens is 1. The molecule has 0 spiro atoms. The fourth-order valence-electron chi connectivity index (χ4n) is 2.06. The molecule has 4 nitrogen and oxygen atoms in total. The van der Waals surface area contributed by atoms with Gasteiger partial charge in [-0.1, -0.05) is 29.8 Å². The van der Waals surface area contributed by atoms with Crippen molar-refractivity contribution in [1.29, 1.82) is 5.26 Å². The van der Waals surface area contributed by atoms with Crippen LogP contribution in [0.4, 0.5) is 5.69 Å². The number of para-hydroxylation sites is 1. The number of hydrogen-bond acceptors (Lipinski definition) is 3. The number of benzene rings is 2. The van der Waals surface area contributed by atoms with Gasteiger partial charge in [-0.3, -0.25) is 4.79 Å². The number of ether oxygens (including phenoxy) is 1. The van der Waals surface area contributed by atoms with Crippen molar-refractivity contribution >= 4 is 27.5 Å². The van der Waals surface area contributed by atoms with E-state index in [9.17, 15) is 4.79 Å². The molecule has 0 aliphatic carbocycles. The Morgan fingerprint density at radius 1 is 1.22 bits per heavy atom. The Labute approximate surface area is 144 Å². The lowest BCUT2D eigenvalue weighted by atomic mass is 10.2. The molecule has 1 amide bonds. The summed E-state index contributed by atoms with van der Waals surface area (Å²) in [6.07, 6.45) is 0.272. The third-order valence-corrected chi connectivity index (χ3v) is 3.94. The van der Waals surface area contributed by atoms with Crippen LogP contribution in [0.2, 0.25) is 0 Å². The summed E-state index contributed by atoms with van der Waals surface area (Å²) in [6.45, 7) is 2.25. The van der Waals surface area contributed by atoms with Crippen molar-refractivity contribution in [3.63, 3.8) is 0 Å². The molecule has 0 aliphatic heterocycles. The fourth-order valence-corrected chi connectivity index (χ4v) is 2.46. The van der Waals surface area contributed by atoms with Gasteiger partial charge >= 0.3 is 0 Å². The van der Waals surface area contributed by atoms with Crippen molar-refractivity contribution in [3.8, 4) is 11.8 Å². The molecule has 0 fully saturated rings. The molecule has 0 saturated heterocycles. The van der Waals surface area contributed by atoms with E-state index in [1.54, 1.807) is 11.0 Å². The molecule has 0 heterocycles. The summed E-state index contributed by atoms with van der Waals surface area (Å²) >= 11 is 3.39. The number of anilines is 1. The van der Waals surface area contributed by atoms with Crippen LogP contribution in [0, 0.1) is 18.3 Å². The predicted octanol–water partition coefficient (Wildman–Crippen LogP) is 4.08. The predicted molar refractivity (Wildman–Crippen MR) is 93.4 cm³/mol. The smallest absolute Gasteiger partial charge is 0.264 e. The molecule has 2 aromatic carbocycles. The topological polar surface area (TPSA) is 53.3 Å². The van der Waals surface area contributed by atoms with Gasteiger partial charge in [-0.15, -0.1) is 0 Å². The highest BCUT2D eigenvalue weighted by Crippen LogP contribution is 2.24. The number of nitriles is 1. The number of nitrogens with zero attached hydrogens (tertiary/aromatic N) is 2. The van der Waals surface area contributed by atoms with Crippen LogP contribution < -0.4 is 9.64 Å². The van der Waals surface area contributed by atoms with Gasteiger partial charge in [0.2, 0.25) is 0 Å². The van der Waals surface area contributed by atoms with Crippen molar-refractivity contribution in [2.45, 2.75) is 13.3 Å². The number of carbonyl (C=O) groups excluding carboxylic acids is 1. The first kappa shape index (κ1) is 17.0. The Balaban J connectivity index is 2.09. The SMILES string of the molecule is Cc1ccc(N(CCC#N)C(=O)COc2ccccc2Br)cc1. The number of rotatable bonds is 6. The third-order valence-electron chi connectivity index (χ3n) is 3.28. The molecule has 0 aromatic heterocycles. The van der Waals surface area contributed by atoms with Crippen molar-refractivity contribution in [2.24, 2.45) is 0 Å². The molecule has 0 saturated carbocycles. The number of aryl methyl sites for hydroxylation is 1. The first-order valence-electron chi connectivity index (χ1n) is 7.23. The summed E-state index contributed by atoms with van der Waals surface area (Å²) in [7, 11) is 0. The van der Waals surface area contributed by atoms with E-state index in [1.807, 2.05) is 49.4 Å². The average molecular weight is 373 g/mol. The quantitative estimate of drug-likeness (QED) is 0.767. The van der Waals surface area contributed by atoms with E-state index in [0.717, 1.165) is 15.7 Å². The highest BCUT2D eigenvalue weighted by molar-refractivity contribution is 9.10. The van der Waals surface area contributed by atoms with Crippen molar-refractivity contribution in [2.75, 3.05) is 18.1 Å². The standard InChI is InChI=1S/C18H17BrN2O2/c1-14-7-9-15(10-8-14)21(12-4-11-20)18(22)13-23-17-6-3-2-5-16(17)19/h2-3,5-10H,4,12-13H2,1H3. The molecule has 0 atom stereocenters. The van der Waals surface area contributed by atoms with Gasteiger partial charge < -0.3 is 9.64 Å². The van der Waals surface area contributed by atoms with Gasteiger partial charge in [-0.25, -0.2) is 0 Å². The summed E-state index contributed by atoms with van der Waals surface area (Å²) in [6, 6.07) is 17.1. The van der Waals surface area contributed by atoms with E-state index in [2.05, 4.69) is 22.0 Å². The second-order valence-electron chi connectivity index (χ2n) is 5.01. The Bertz CT molecular complexity index is 708. The summed E-state index contributed by atoms with van der Waals surface area (Å²) < 4.78 is 6.38. The van der Waals surface area contributed by atoms with Crippen molar-refractivity contribution in [3.05, 3.63) is 58.6 Å². The fraction of sp³-hybridized carbons (Fsp3) is 0.222. The Hall–Kier alpha value is -2.32. The summed E-state index contributed by atoms with van der Waals surface area (Å²) in [5, 5.41) is 8.81. The molecule has 0 aliphatic rings. The van der Waals surface area contributed by atoms with Gasteiger partial charge in [0.05, 0.1) is 17.0 Å². The van der Waals surface area contributed by atoms with E-state index in [1.165, 1.54) is 0 Å². The zero-order valence-corrected chi connectivity index (χ0v) is 14.4. The van der Waals surface area contributed by atoms with E-state index in [4.69, 9.17) is 10.00 Å². The van der Waals surface area contributed by atoms with Crippen LogP contribution >= 0.6 is 15.9 Å². The van der Waals surface area contributed by atoms with Crippen LogP contribution in [0.1, 0.15) is 12.0 Å². The van der Waals surface area contributed by atoms with Crippen molar-refractivity contribution < 1.29 is 9.53 Å². The van der Waals surface area contributed by atoms with Crippen LogP contribution in [-0.2, 0) is 4.79 Å². The molecule has 2 aromatic rings. The Morgan fingerprint density at radius 2 is 1.91 bits per heavy atom. The van der Waals surface area contributed by atoms with Crippen LogP contribution in [-0.4, -0.2) is 19.1 Å². The van der Waals surface area contributed by atoms with Gasteiger partial charge in [0.15, 0.2) is 6.61 Å². The maximum Gasteiger partial charge on any atom is 0.264 e. The van der Waals surface area contributed by atoms with Crippen LogP contribution in [0.5, 0.6) is 5.75 Å². The molecular formula is C18H17BrN2O2. The first-order valence-corrected chi connectivity index (χ1v) is 8.02. The largest absolute Gasteiger partial charge is 0.483 e. The molecule has 0 radical (unpaired) electrons. The van der Waals surface area contributed by atoms with E-state index < -0.39 is 0 Å². The van der Waals surface area contributed by atoms with Gasteiger partial charge in [0, 0.05) is 12.2 Å². The maximum atomic E-state index is 12.5. The molecule has 5 heteroatoms. The highest BCUT2D eigenvalue weighted by Gasteiger charge is 2.16. The average Bonchev–Trinajstić information content (AvgIpc) is 2.56. The molecule has 118 valence electrons. The summed E-state index contributed by atoms with van der Waals surface area (Å²) in [5.74, 6) is 0.435. The Kier molecular flexibility index (Phi) is 6.19. The second-order valence-corrected chi connectivity index (χ2v) is 5.86. The Morgan fingerprint density at radius 3 is 2.57 bits per heavy atom. The van der Waals surface area contributed by atoms with Gasteiger partial charge in [-0.2, -0.15) is 5.26 Å². The minimum absolute atomic E-state index is 0.0814. The first-order chi connectivity index (χ1) is 11.1. The molecule has 23 heavy (non-hydrogen) atoms. The molecule has 0 unspecified atom stereocenters. The van der Waals surface area contributed by atoms with Crippen LogP contribution in [0.15, 0.2) is 53.0 Å². The number of hydrogen-bond donors (Lipinski definition) is 0. The van der Waals surface area contributed by atoms with Gasteiger partial charge in [-0.05, 0) is 47.1 Å². The van der Waals surface area contributed by atoms with E-state index in [-0.39, 0.29) is 18.9 Å². The van der Waals surface area contributed by atoms with E-state index >= 15 is 0 Å². The second kappa shape index (κ2) is 8.35. The van der Waals surface area contributed by atoms with E-state index in [0.29, 0.717) is 12.3 Å². The van der Waals surface area contributed by atoms with Crippen LogP contribution in [0.25, 0.3) is 0 Å². The lowest BCUT2D eigenvalue weighted by Gasteiger charge is -2.22. The molecular weight excluding hydrogens is 356 g/mol. The molecule has 0 bridgehead atoms. The summed E-state index contributed by atoms with van der Waals surface area (Å²) in [4.78, 5) is 14.1. The normalized spacial score (nSPS) is 9.96.